The summed E-state index contributed by atoms with van der Waals surface area (Å²) in [5.74, 6) is 1.23. The zero-order chi connectivity index (χ0) is 17.9. The summed E-state index contributed by atoms with van der Waals surface area (Å²) in [4.78, 5) is 11.7. The minimum Gasteiger partial charge on any atom is -0.493 e. The Morgan fingerprint density at radius 3 is 2.64 bits per heavy atom. The van der Waals surface area contributed by atoms with Crippen molar-refractivity contribution in [2.24, 2.45) is 0 Å². The highest BCUT2D eigenvalue weighted by Gasteiger charge is 2.05. The molecule has 4 nitrogen and oxygen atoms in total. The Kier molecular flexibility index (Phi) is 7.57. The van der Waals surface area contributed by atoms with Crippen molar-refractivity contribution in [1.29, 1.82) is 0 Å². The van der Waals surface area contributed by atoms with E-state index in [0.717, 1.165) is 24.0 Å². The summed E-state index contributed by atoms with van der Waals surface area (Å²) in [5, 5.41) is 2.85. The molecule has 2 aromatic carbocycles. The number of amides is 1. The van der Waals surface area contributed by atoms with Gasteiger partial charge in [-0.3, -0.25) is 4.79 Å². The van der Waals surface area contributed by atoms with Gasteiger partial charge >= 0.3 is 0 Å². The Labute approximate surface area is 149 Å². The lowest BCUT2D eigenvalue weighted by atomic mass is 10.2. The van der Waals surface area contributed by atoms with E-state index < -0.39 is 0 Å². The number of hydrogen-bond donors (Lipinski definition) is 1. The van der Waals surface area contributed by atoms with E-state index in [-0.39, 0.29) is 5.91 Å². The van der Waals surface area contributed by atoms with Crippen LogP contribution in [0, 0.1) is 0 Å². The van der Waals surface area contributed by atoms with Crippen LogP contribution in [0.4, 0.5) is 0 Å². The van der Waals surface area contributed by atoms with Crippen molar-refractivity contribution in [3.05, 3.63) is 65.7 Å². The van der Waals surface area contributed by atoms with Gasteiger partial charge in [-0.1, -0.05) is 49.7 Å². The number of ether oxygens (including phenoxy) is 2. The smallest absolute Gasteiger partial charge is 0.243 e. The van der Waals surface area contributed by atoms with Crippen LogP contribution in [-0.4, -0.2) is 19.6 Å². The third-order valence-corrected chi connectivity index (χ3v) is 3.68. The number of rotatable bonds is 9. The molecule has 0 saturated carbocycles. The molecule has 0 saturated heterocycles. The standard InChI is InChI=1S/C21H25NO3/c1-3-4-14-22-21(23)13-11-17-10-12-19(20(15-17)24-2)25-16-18-8-6-5-7-9-18/h5-13,15H,3-4,14,16H2,1-2H3,(H,22,23). The lowest BCUT2D eigenvalue weighted by molar-refractivity contribution is -0.116. The van der Waals surface area contributed by atoms with Crippen molar-refractivity contribution in [3.63, 3.8) is 0 Å². The maximum atomic E-state index is 11.7. The summed E-state index contributed by atoms with van der Waals surface area (Å²) >= 11 is 0. The number of nitrogens with one attached hydrogen (secondary N) is 1. The molecule has 0 unspecified atom stereocenters. The first-order chi connectivity index (χ1) is 12.2. The van der Waals surface area contributed by atoms with Gasteiger partial charge in [0.15, 0.2) is 11.5 Å². The summed E-state index contributed by atoms with van der Waals surface area (Å²) in [6.07, 6.45) is 5.35. The van der Waals surface area contributed by atoms with E-state index in [2.05, 4.69) is 12.2 Å². The first-order valence-electron chi connectivity index (χ1n) is 8.53. The Bertz CT molecular complexity index is 696. The summed E-state index contributed by atoms with van der Waals surface area (Å²) < 4.78 is 11.2. The molecule has 0 radical (unpaired) electrons. The fourth-order valence-corrected chi connectivity index (χ4v) is 2.26. The lowest BCUT2D eigenvalue weighted by Gasteiger charge is -2.11. The van der Waals surface area contributed by atoms with Gasteiger partial charge in [-0.25, -0.2) is 0 Å². The molecule has 4 heteroatoms. The Morgan fingerprint density at radius 1 is 1.12 bits per heavy atom. The fraction of sp³-hybridized carbons (Fsp3) is 0.286. The Balaban J connectivity index is 1.97. The molecule has 2 aromatic rings. The van der Waals surface area contributed by atoms with Crippen molar-refractivity contribution in [2.45, 2.75) is 26.4 Å². The molecule has 0 aliphatic carbocycles. The quantitative estimate of drug-likeness (QED) is 0.550. The van der Waals surface area contributed by atoms with Gasteiger partial charge in [0.2, 0.25) is 5.91 Å². The highest BCUT2D eigenvalue weighted by molar-refractivity contribution is 5.91. The maximum Gasteiger partial charge on any atom is 0.243 e. The van der Waals surface area contributed by atoms with E-state index in [4.69, 9.17) is 9.47 Å². The van der Waals surface area contributed by atoms with Gasteiger partial charge in [0, 0.05) is 12.6 Å². The van der Waals surface area contributed by atoms with Gasteiger partial charge in [-0.2, -0.15) is 0 Å². The van der Waals surface area contributed by atoms with Gasteiger partial charge in [0.1, 0.15) is 6.61 Å². The largest absolute Gasteiger partial charge is 0.493 e. The predicted octanol–water partition coefficient (Wildman–Crippen LogP) is 4.20. The molecular formula is C21H25NO3. The number of hydrogen-bond acceptors (Lipinski definition) is 3. The van der Waals surface area contributed by atoms with Crippen molar-refractivity contribution >= 4 is 12.0 Å². The van der Waals surface area contributed by atoms with Gasteiger partial charge in [-0.05, 0) is 35.8 Å². The van der Waals surface area contributed by atoms with Gasteiger partial charge in [0.25, 0.3) is 0 Å². The monoisotopic (exact) mass is 339 g/mol. The van der Waals surface area contributed by atoms with E-state index in [1.807, 2.05) is 48.5 Å². The number of unbranched alkanes of at least 4 members (excludes halogenated alkanes) is 1. The highest BCUT2D eigenvalue weighted by Crippen LogP contribution is 2.29. The van der Waals surface area contributed by atoms with Crippen LogP contribution in [0.2, 0.25) is 0 Å². The van der Waals surface area contributed by atoms with Crippen LogP contribution in [0.1, 0.15) is 30.9 Å². The molecule has 0 heterocycles. The fourth-order valence-electron chi connectivity index (χ4n) is 2.26. The molecule has 0 spiro atoms. The summed E-state index contributed by atoms with van der Waals surface area (Å²) in [6.45, 7) is 3.27. The van der Waals surface area contributed by atoms with E-state index in [1.165, 1.54) is 6.08 Å². The van der Waals surface area contributed by atoms with Crippen LogP contribution in [-0.2, 0) is 11.4 Å². The second-order valence-corrected chi connectivity index (χ2v) is 5.66. The number of methoxy groups -OCH3 is 1. The second kappa shape index (κ2) is 10.2. The molecule has 25 heavy (non-hydrogen) atoms. The Morgan fingerprint density at radius 2 is 1.92 bits per heavy atom. The van der Waals surface area contributed by atoms with Crippen molar-refractivity contribution in [1.82, 2.24) is 5.32 Å². The molecule has 1 N–H and O–H groups in total. The highest BCUT2D eigenvalue weighted by atomic mass is 16.5. The SMILES string of the molecule is CCCCNC(=O)C=Cc1ccc(OCc2ccccc2)c(OC)c1. The summed E-state index contributed by atoms with van der Waals surface area (Å²) in [7, 11) is 1.61. The number of benzene rings is 2. The summed E-state index contributed by atoms with van der Waals surface area (Å²) in [6, 6.07) is 15.6. The predicted molar refractivity (Wildman–Crippen MR) is 101 cm³/mol. The number of carbonyl (C=O) groups is 1. The molecule has 1 amide bonds. The van der Waals surface area contributed by atoms with Crippen LogP contribution in [0.25, 0.3) is 6.08 Å². The van der Waals surface area contributed by atoms with Gasteiger partial charge < -0.3 is 14.8 Å². The van der Waals surface area contributed by atoms with Crippen LogP contribution in [0.15, 0.2) is 54.6 Å². The minimum atomic E-state index is -0.0863. The Hall–Kier alpha value is -2.75. The summed E-state index contributed by atoms with van der Waals surface area (Å²) in [5.41, 5.74) is 1.98. The van der Waals surface area contributed by atoms with E-state index in [0.29, 0.717) is 24.7 Å². The van der Waals surface area contributed by atoms with Crippen molar-refractivity contribution in [2.75, 3.05) is 13.7 Å². The molecule has 2 rings (SSSR count). The number of carbonyl (C=O) groups excluding carboxylic acids is 1. The molecule has 132 valence electrons. The zero-order valence-electron chi connectivity index (χ0n) is 14.8. The average molecular weight is 339 g/mol. The molecule has 0 aliphatic heterocycles. The van der Waals surface area contributed by atoms with E-state index in [9.17, 15) is 4.79 Å². The first kappa shape index (κ1) is 18.6. The third-order valence-electron chi connectivity index (χ3n) is 3.68. The minimum absolute atomic E-state index is 0.0863. The molecule has 0 aromatic heterocycles. The van der Waals surface area contributed by atoms with Crippen LogP contribution >= 0.6 is 0 Å². The van der Waals surface area contributed by atoms with Gasteiger partial charge in [-0.15, -0.1) is 0 Å². The normalized spacial score (nSPS) is 10.6. The topological polar surface area (TPSA) is 47.6 Å². The zero-order valence-corrected chi connectivity index (χ0v) is 14.8. The molecule has 0 aliphatic rings. The molecule has 0 atom stereocenters. The average Bonchev–Trinajstić information content (AvgIpc) is 2.66. The molecule has 0 fully saturated rings. The lowest BCUT2D eigenvalue weighted by Crippen LogP contribution is -2.21. The third kappa shape index (κ3) is 6.34. The molecular weight excluding hydrogens is 314 g/mol. The second-order valence-electron chi connectivity index (χ2n) is 5.66. The van der Waals surface area contributed by atoms with Crippen molar-refractivity contribution < 1.29 is 14.3 Å². The maximum absolute atomic E-state index is 11.7. The van der Waals surface area contributed by atoms with Gasteiger partial charge in [0.05, 0.1) is 7.11 Å². The van der Waals surface area contributed by atoms with Crippen molar-refractivity contribution in [3.8, 4) is 11.5 Å². The molecule has 0 bridgehead atoms. The van der Waals surface area contributed by atoms with Crippen LogP contribution < -0.4 is 14.8 Å². The van der Waals surface area contributed by atoms with E-state index in [1.54, 1.807) is 13.2 Å². The van der Waals surface area contributed by atoms with Crippen LogP contribution in [0.3, 0.4) is 0 Å². The van der Waals surface area contributed by atoms with E-state index >= 15 is 0 Å². The first-order valence-corrected chi connectivity index (χ1v) is 8.53. The van der Waals surface area contributed by atoms with Crippen LogP contribution in [0.5, 0.6) is 11.5 Å².